The summed E-state index contributed by atoms with van der Waals surface area (Å²) in [5.41, 5.74) is -0.599. The Morgan fingerprint density at radius 2 is 2.24 bits per heavy atom. The number of aliphatic carboxylic acids is 1. The first-order valence-corrected chi connectivity index (χ1v) is 5.29. The molecule has 2 N–H and O–H groups in total. The maximum Gasteiger partial charge on any atom is 0.328 e. The summed E-state index contributed by atoms with van der Waals surface area (Å²) in [4.78, 5) is 11.4. The highest BCUT2D eigenvalue weighted by atomic mass is 16.5. The molecule has 0 fully saturated rings. The smallest absolute Gasteiger partial charge is 0.328 e. The van der Waals surface area contributed by atoms with E-state index in [9.17, 15) is 9.90 Å². The number of carboxylic acids is 1. The van der Waals surface area contributed by atoms with Gasteiger partial charge in [0.05, 0.1) is 7.11 Å². The minimum atomic E-state index is -1.19. The minimum Gasteiger partial charge on any atom is -0.496 e. The highest BCUT2D eigenvalue weighted by Crippen LogP contribution is 2.29. The molecule has 1 aromatic rings. The Morgan fingerprint density at radius 1 is 1.59 bits per heavy atom. The molecule has 0 bridgehead atoms. The first-order valence-electron chi connectivity index (χ1n) is 5.29. The molecule has 0 aliphatic rings. The summed E-state index contributed by atoms with van der Waals surface area (Å²) in [5, 5.41) is 12.3. The van der Waals surface area contributed by atoms with Crippen molar-refractivity contribution in [3.05, 3.63) is 42.5 Å². The van der Waals surface area contributed by atoms with Gasteiger partial charge >= 0.3 is 5.97 Å². The third-order valence-corrected chi connectivity index (χ3v) is 2.67. The van der Waals surface area contributed by atoms with E-state index in [2.05, 4.69) is 11.9 Å². The summed E-state index contributed by atoms with van der Waals surface area (Å²) < 4.78 is 5.19. The van der Waals surface area contributed by atoms with E-state index in [0.717, 1.165) is 0 Å². The van der Waals surface area contributed by atoms with Gasteiger partial charge in [0.1, 0.15) is 11.3 Å². The van der Waals surface area contributed by atoms with Crippen molar-refractivity contribution in [2.75, 3.05) is 13.7 Å². The molecule has 0 amide bonds. The Kier molecular flexibility index (Phi) is 4.29. The molecule has 1 rings (SSSR count). The van der Waals surface area contributed by atoms with Crippen molar-refractivity contribution in [3.8, 4) is 5.75 Å². The van der Waals surface area contributed by atoms with Crippen molar-refractivity contribution in [3.63, 3.8) is 0 Å². The molecular weight excluding hydrogens is 218 g/mol. The Labute approximate surface area is 101 Å². The lowest BCUT2D eigenvalue weighted by Crippen LogP contribution is -2.46. The molecule has 0 saturated carbocycles. The molecule has 1 unspecified atom stereocenters. The summed E-state index contributed by atoms with van der Waals surface area (Å²) in [7, 11) is 1.52. The highest BCUT2D eigenvalue weighted by Gasteiger charge is 2.36. The molecular formula is C13H17NO3. The van der Waals surface area contributed by atoms with Crippen LogP contribution in [0, 0.1) is 0 Å². The zero-order valence-electron chi connectivity index (χ0n) is 10.1. The van der Waals surface area contributed by atoms with Crippen LogP contribution < -0.4 is 10.1 Å². The van der Waals surface area contributed by atoms with Gasteiger partial charge in [-0.25, -0.2) is 4.79 Å². The molecule has 0 aliphatic carbocycles. The van der Waals surface area contributed by atoms with Gasteiger partial charge in [0.25, 0.3) is 0 Å². The molecule has 0 radical (unpaired) electrons. The first-order chi connectivity index (χ1) is 8.06. The zero-order chi connectivity index (χ0) is 12.9. The fourth-order valence-corrected chi connectivity index (χ4v) is 1.62. The second-order valence-electron chi connectivity index (χ2n) is 3.80. The Balaban J connectivity index is 3.21. The number of carbonyl (C=O) groups is 1. The van der Waals surface area contributed by atoms with Crippen LogP contribution in [0.1, 0.15) is 12.5 Å². The third kappa shape index (κ3) is 2.65. The fourth-order valence-electron chi connectivity index (χ4n) is 1.62. The maximum absolute atomic E-state index is 11.4. The van der Waals surface area contributed by atoms with E-state index in [1.165, 1.54) is 7.11 Å². The largest absolute Gasteiger partial charge is 0.496 e. The van der Waals surface area contributed by atoms with Crippen LogP contribution in [0.5, 0.6) is 5.75 Å². The number of nitrogens with one attached hydrogen (secondary N) is 1. The lowest BCUT2D eigenvalue weighted by molar-refractivity contribution is -0.144. The van der Waals surface area contributed by atoms with Crippen molar-refractivity contribution in [2.24, 2.45) is 0 Å². The monoisotopic (exact) mass is 235 g/mol. The van der Waals surface area contributed by atoms with Crippen LogP contribution in [0.3, 0.4) is 0 Å². The molecule has 1 atom stereocenters. The van der Waals surface area contributed by atoms with Gasteiger partial charge in [-0.1, -0.05) is 24.3 Å². The normalized spacial score (nSPS) is 13.8. The van der Waals surface area contributed by atoms with Gasteiger partial charge in [-0.15, -0.1) is 6.58 Å². The van der Waals surface area contributed by atoms with Crippen LogP contribution in [-0.2, 0) is 10.3 Å². The predicted octanol–water partition coefficient (Wildman–Crippen LogP) is 1.77. The number of carboxylic acid groups (broad SMARTS) is 1. The number of ether oxygens (including phenoxy) is 1. The average molecular weight is 235 g/mol. The number of benzene rings is 1. The lowest BCUT2D eigenvalue weighted by Gasteiger charge is -2.27. The van der Waals surface area contributed by atoms with Crippen molar-refractivity contribution in [1.29, 1.82) is 0 Å². The highest BCUT2D eigenvalue weighted by molar-refractivity contribution is 5.81. The van der Waals surface area contributed by atoms with Crippen molar-refractivity contribution < 1.29 is 14.6 Å². The predicted molar refractivity (Wildman–Crippen MR) is 66.2 cm³/mol. The summed E-state index contributed by atoms with van der Waals surface area (Å²) >= 11 is 0. The van der Waals surface area contributed by atoms with Crippen molar-refractivity contribution in [1.82, 2.24) is 5.32 Å². The van der Waals surface area contributed by atoms with E-state index in [-0.39, 0.29) is 0 Å². The summed E-state index contributed by atoms with van der Waals surface area (Å²) in [6.07, 6.45) is 1.62. The average Bonchev–Trinajstić information content (AvgIpc) is 2.35. The summed E-state index contributed by atoms with van der Waals surface area (Å²) in [6, 6.07) is 7.07. The molecule has 0 aromatic heterocycles. The topological polar surface area (TPSA) is 58.6 Å². The second-order valence-corrected chi connectivity index (χ2v) is 3.80. The van der Waals surface area contributed by atoms with Crippen molar-refractivity contribution in [2.45, 2.75) is 12.5 Å². The summed E-state index contributed by atoms with van der Waals surface area (Å²) in [5.74, 6) is -0.405. The molecule has 92 valence electrons. The molecule has 4 nitrogen and oxygen atoms in total. The van der Waals surface area contributed by atoms with E-state index >= 15 is 0 Å². The molecule has 4 heteroatoms. The Morgan fingerprint density at radius 3 is 2.76 bits per heavy atom. The first kappa shape index (κ1) is 13.3. The Hall–Kier alpha value is -1.81. The van der Waals surface area contributed by atoms with Crippen LogP contribution in [0.4, 0.5) is 0 Å². The van der Waals surface area contributed by atoms with Gasteiger partial charge in [-0.2, -0.15) is 0 Å². The third-order valence-electron chi connectivity index (χ3n) is 2.67. The number of hydrogen-bond acceptors (Lipinski definition) is 3. The molecule has 0 aliphatic heterocycles. The van der Waals surface area contributed by atoms with Gasteiger partial charge < -0.3 is 9.84 Å². The van der Waals surface area contributed by atoms with E-state index in [0.29, 0.717) is 17.9 Å². The van der Waals surface area contributed by atoms with Crippen molar-refractivity contribution >= 4 is 5.97 Å². The minimum absolute atomic E-state index is 0.404. The number of rotatable bonds is 6. The fraction of sp³-hybridized carbons (Fsp3) is 0.308. The standard InChI is InChI=1S/C13H17NO3/c1-4-9-14-13(2,12(15)16)10-7-5-6-8-11(10)17-3/h4-8,14H,1,9H2,2-3H3,(H,15,16). The Bertz CT molecular complexity index is 417. The lowest BCUT2D eigenvalue weighted by atomic mass is 9.91. The van der Waals surface area contributed by atoms with Crippen LogP contribution in [-0.4, -0.2) is 24.7 Å². The molecule has 0 heterocycles. The number of para-hydroxylation sites is 1. The van der Waals surface area contributed by atoms with Gasteiger partial charge in [-0.05, 0) is 13.0 Å². The van der Waals surface area contributed by atoms with E-state index in [4.69, 9.17) is 4.74 Å². The quantitative estimate of drug-likeness (QED) is 0.738. The van der Waals surface area contributed by atoms with Gasteiger partial charge in [0.15, 0.2) is 0 Å². The molecule has 17 heavy (non-hydrogen) atoms. The number of methoxy groups -OCH3 is 1. The molecule has 0 spiro atoms. The van der Waals surface area contributed by atoms with E-state index in [1.54, 1.807) is 37.3 Å². The zero-order valence-corrected chi connectivity index (χ0v) is 10.1. The number of hydrogen-bond donors (Lipinski definition) is 2. The maximum atomic E-state index is 11.4. The molecule has 1 aromatic carbocycles. The summed E-state index contributed by atoms with van der Waals surface area (Å²) in [6.45, 7) is 5.58. The van der Waals surface area contributed by atoms with Gasteiger partial charge in [0.2, 0.25) is 0 Å². The molecule has 0 saturated heterocycles. The van der Waals surface area contributed by atoms with E-state index in [1.807, 2.05) is 0 Å². The van der Waals surface area contributed by atoms with Crippen LogP contribution in [0.15, 0.2) is 36.9 Å². The van der Waals surface area contributed by atoms with Gasteiger partial charge in [-0.3, -0.25) is 5.32 Å². The second kappa shape index (κ2) is 5.50. The van der Waals surface area contributed by atoms with E-state index < -0.39 is 11.5 Å². The van der Waals surface area contributed by atoms with Crippen LogP contribution in [0.25, 0.3) is 0 Å². The van der Waals surface area contributed by atoms with Gasteiger partial charge in [0, 0.05) is 12.1 Å². The SMILES string of the molecule is C=CCNC(C)(C(=O)O)c1ccccc1OC. The van der Waals surface area contributed by atoms with Crippen LogP contribution >= 0.6 is 0 Å². The van der Waals surface area contributed by atoms with Crippen LogP contribution in [0.2, 0.25) is 0 Å².